The fraction of sp³-hybridized carbons (Fsp3) is 0.444. The molecule has 0 fully saturated rings. The third-order valence-electron chi connectivity index (χ3n) is 3.60. The average Bonchev–Trinajstić information content (AvgIpc) is 2.54. The molecule has 120 valence electrons. The van der Waals surface area contributed by atoms with Gasteiger partial charge < -0.3 is 4.90 Å². The van der Waals surface area contributed by atoms with Crippen LogP contribution in [0, 0.1) is 36.5 Å². The summed E-state index contributed by atoms with van der Waals surface area (Å²) in [6.07, 6.45) is 0.687. The number of ketones is 1. The lowest BCUT2D eigenvalue weighted by atomic mass is 9.99. The van der Waals surface area contributed by atoms with E-state index in [0.717, 1.165) is 11.1 Å². The maximum absolute atomic E-state index is 12.3. The normalized spacial score (nSPS) is 9.74. The zero-order valence-corrected chi connectivity index (χ0v) is 13.6. The van der Waals surface area contributed by atoms with Crippen LogP contribution >= 0.6 is 0 Å². The molecule has 0 unspecified atom stereocenters. The van der Waals surface area contributed by atoms with Crippen LogP contribution in [0.3, 0.4) is 0 Å². The van der Waals surface area contributed by atoms with Crippen LogP contribution in [0.1, 0.15) is 47.2 Å². The van der Waals surface area contributed by atoms with Gasteiger partial charge in [0.1, 0.15) is 0 Å². The lowest BCUT2D eigenvalue weighted by Gasteiger charge is -2.20. The predicted molar refractivity (Wildman–Crippen MR) is 86.5 cm³/mol. The largest absolute Gasteiger partial charge is 0.341 e. The van der Waals surface area contributed by atoms with Gasteiger partial charge in [-0.15, -0.1) is 0 Å². The molecule has 0 aliphatic carbocycles. The van der Waals surface area contributed by atoms with Gasteiger partial charge in [0.2, 0.25) is 5.91 Å². The molecular weight excluding hydrogens is 290 g/mol. The number of hydrogen-bond acceptors (Lipinski definition) is 4. The van der Waals surface area contributed by atoms with Gasteiger partial charge in [-0.2, -0.15) is 10.5 Å². The highest BCUT2D eigenvalue weighted by atomic mass is 16.2. The van der Waals surface area contributed by atoms with Crippen molar-refractivity contribution >= 4 is 11.7 Å². The summed E-state index contributed by atoms with van der Waals surface area (Å²) in [7, 11) is 0. The van der Waals surface area contributed by atoms with E-state index in [2.05, 4.69) is 0 Å². The Morgan fingerprint density at radius 2 is 1.65 bits per heavy atom. The SMILES string of the molecule is Cc1ccc(C)c(C(=O)CCC(=O)N(CCC#N)CCC#N)c1. The van der Waals surface area contributed by atoms with E-state index in [1.165, 1.54) is 4.90 Å². The van der Waals surface area contributed by atoms with Crippen LogP contribution in [-0.2, 0) is 4.79 Å². The fourth-order valence-electron chi connectivity index (χ4n) is 2.28. The Hall–Kier alpha value is -2.66. The van der Waals surface area contributed by atoms with Crippen LogP contribution in [0.25, 0.3) is 0 Å². The van der Waals surface area contributed by atoms with E-state index in [4.69, 9.17) is 10.5 Å². The molecule has 0 N–H and O–H groups in total. The Labute approximate surface area is 137 Å². The van der Waals surface area contributed by atoms with Gasteiger partial charge in [0.05, 0.1) is 25.0 Å². The van der Waals surface area contributed by atoms with E-state index in [0.29, 0.717) is 18.7 Å². The number of aryl methyl sites for hydroxylation is 2. The average molecular weight is 311 g/mol. The molecule has 0 radical (unpaired) electrons. The van der Waals surface area contributed by atoms with Crippen molar-refractivity contribution in [3.63, 3.8) is 0 Å². The van der Waals surface area contributed by atoms with E-state index < -0.39 is 0 Å². The van der Waals surface area contributed by atoms with E-state index >= 15 is 0 Å². The van der Waals surface area contributed by atoms with Gasteiger partial charge in [0, 0.05) is 31.5 Å². The number of nitriles is 2. The molecule has 0 heterocycles. The molecule has 1 aromatic rings. The molecule has 0 saturated carbocycles. The molecule has 0 atom stereocenters. The summed E-state index contributed by atoms with van der Waals surface area (Å²) in [5.41, 5.74) is 2.56. The lowest BCUT2D eigenvalue weighted by Crippen LogP contribution is -2.33. The number of nitrogens with zero attached hydrogens (tertiary/aromatic N) is 3. The van der Waals surface area contributed by atoms with Crippen molar-refractivity contribution in [3.05, 3.63) is 34.9 Å². The van der Waals surface area contributed by atoms with Crippen molar-refractivity contribution in [2.24, 2.45) is 0 Å². The molecule has 23 heavy (non-hydrogen) atoms. The molecule has 1 amide bonds. The second kappa shape index (κ2) is 9.38. The molecule has 0 saturated heterocycles. The maximum atomic E-state index is 12.3. The predicted octanol–water partition coefficient (Wildman–Crippen LogP) is 2.92. The summed E-state index contributed by atoms with van der Waals surface area (Å²) < 4.78 is 0. The van der Waals surface area contributed by atoms with Crippen LogP contribution in [0.15, 0.2) is 18.2 Å². The van der Waals surface area contributed by atoms with Gasteiger partial charge in [-0.05, 0) is 25.5 Å². The molecule has 5 nitrogen and oxygen atoms in total. The monoisotopic (exact) mass is 311 g/mol. The minimum absolute atomic E-state index is 0.0555. The van der Waals surface area contributed by atoms with Crippen molar-refractivity contribution in [1.29, 1.82) is 10.5 Å². The van der Waals surface area contributed by atoms with Gasteiger partial charge >= 0.3 is 0 Å². The van der Waals surface area contributed by atoms with E-state index in [1.54, 1.807) is 0 Å². The van der Waals surface area contributed by atoms with E-state index in [-0.39, 0.29) is 37.4 Å². The topological polar surface area (TPSA) is 85.0 Å². The van der Waals surface area contributed by atoms with Crippen molar-refractivity contribution in [2.45, 2.75) is 39.5 Å². The first kappa shape index (κ1) is 18.4. The zero-order valence-electron chi connectivity index (χ0n) is 13.6. The van der Waals surface area contributed by atoms with E-state index in [1.807, 2.05) is 44.2 Å². The van der Waals surface area contributed by atoms with Gasteiger partial charge in [-0.25, -0.2) is 0 Å². The summed E-state index contributed by atoms with van der Waals surface area (Å²) in [6.45, 7) is 4.40. The summed E-state index contributed by atoms with van der Waals surface area (Å²) >= 11 is 0. The Morgan fingerprint density at radius 3 is 2.22 bits per heavy atom. The zero-order chi connectivity index (χ0) is 17.2. The van der Waals surface area contributed by atoms with Crippen molar-refractivity contribution in [1.82, 2.24) is 4.90 Å². The number of carbonyl (C=O) groups is 2. The van der Waals surface area contributed by atoms with Crippen molar-refractivity contribution in [3.8, 4) is 12.1 Å². The molecule has 1 aromatic carbocycles. The molecule has 0 aliphatic rings. The van der Waals surface area contributed by atoms with Crippen molar-refractivity contribution in [2.75, 3.05) is 13.1 Å². The summed E-state index contributed by atoms with van der Waals surface area (Å²) in [5, 5.41) is 17.3. The van der Waals surface area contributed by atoms with Gasteiger partial charge in [-0.3, -0.25) is 9.59 Å². The standard InChI is InChI=1S/C18H21N3O2/c1-14-5-6-15(2)16(13-14)17(22)7-8-18(23)21(11-3-9-19)12-4-10-20/h5-6,13H,3-4,7-8,11-12H2,1-2H3. The summed E-state index contributed by atoms with van der Waals surface area (Å²) in [5.74, 6) is -0.241. The molecule has 5 heteroatoms. The van der Waals surface area contributed by atoms with Crippen molar-refractivity contribution < 1.29 is 9.59 Å². The highest BCUT2D eigenvalue weighted by Gasteiger charge is 2.16. The second-order valence-corrected chi connectivity index (χ2v) is 5.44. The number of carbonyl (C=O) groups excluding carboxylic acids is 2. The van der Waals surface area contributed by atoms with Crippen LogP contribution < -0.4 is 0 Å². The van der Waals surface area contributed by atoms with Gasteiger partial charge in [0.15, 0.2) is 5.78 Å². The first-order valence-electron chi connectivity index (χ1n) is 7.61. The molecule has 0 aromatic heterocycles. The molecule has 0 aliphatic heterocycles. The highest BCUT2D eigenvalue weighted by molar-refractivity contribution is 5.99. The molecule has 0 bridgehead atoms. The Bertz CT molecular complexity index is 635. The molecular formula is C18H21N3O2. The first-order valence-corrected chi connectivity index (χ1v) is 7.61. The third-order valence-corrected chi connectivity index (χ3v) is 3.60. The number of hydrogen-bond donors (Lipinski definition) is 0. The smallest absolute Gasteiger partial charge is 0.223 e. The summed E-state index contributed by atoms with van der Waals surface area (Å²) in [4.78, 5) is 26.0. The Morgan fingerprint density at radius 1 is 1.04 bits per heavy atom. The van der Waals surface area contributed by atoms with Crippen LogP contribution in [0.2, 0.25) is 0 Å². The minimum Gasteiger partial charge on any atom is -0.341 e. The minimum atomic E-state index is -0.186. The number of Topliss-reactive ketones (excluding diaryl/α,β-unsaturated/α-hetero) is 1. The lowest BCUT2D eigenvalue weighted by molar-refractivity contribution is -0.131. The number of amides is 1. The third kappa shape index (κ3) is 5.92. The highest BCUT2D eigenvalue weighted by Crippen LogP contribution is 2.14. The first-order chi connectivity index (χ1) is 11.0. The van der Waals surface area contributed by atoms with Gasteiger partial charge in [0.25, 0.3) is 0 Å². The van der Waals surface area contributed by atoms with E-state index in [9.17, 15) is 9.59 Å². The summed E-state index contributed by atoms with van der Waals surface area (Å²) in [6, 6.07) is 9.67. The van der Waals surface area contributed by atoms with Crippen LogP contribution in [-0.4, -0.2) is 29.7 Å². The number of benzene rings is 1. The van der Waals surface area contributed by atoms with Crippen LogP contribution in [0.5, 0.6) is 0 Å². The fourth-order valence-corrected chi connectivity index (χ4v) is 2.28. The number of rotatable bonds is 8. The quantitative estimate of drug-likeness (QED) is 0.691. The molecule has 0 spiro atoms. The maximum Gasteiger partial charge on any atom is 0.223 e. The molecule has 1 rings (SSSR count). The van der Waals surface area contributed by atoms with Crippen LogP contribution in [0.4, 0.5) is 0 Å². The Balaban J connectivity index is 2.65. The van der Waals surface area contributed by atoms with Gasteiger partial charge in [-0.1, -0.05) is 17.7 Å². The second-order valence-electron chi connectivity index (χ2n) is 5.44. The Kier molecular flexibility index (Phi) is 7.50.